The van der Waals surface area contributed by atoms with Gasteiger partial charge in [-0.3, -0.25) is 9.69 Å². The topological polar surface area (TPSA) is 41.6 Å². The highest BCUT2D eigenvalue weighted by atomic mass is 32.1. The fourth-order valence-electron chi connectivity index (χ4n) is 3.35. The van der Waals surface area contributed by atoms with E-state index in [0.717, 1.165) is 21.8 Å². The van der Waals surface area contributed by atoms with E-state index in [4.69, 9.17) is 4.74 Å². The number of nitrogens with zero attached hydrogens (tertiary/aromatic N) is 1. The lowest BCUT2D eigenvalue weighted by Gasteiger charge is -2.27. The molecule has 0 saturated carbocycles. The minimum atomic E-state index is -0.141. The van der Waals surface area contributed by atoms with Crippen molar-refractivity contribution in [2.24, 2.45) is 0 Å². The smallest absolute Gasteiger partial charge is 0.234 e. The molecular formula is C24H28N2O2S. The van der Waals surface area contributed by atoms with Gasteiger partial charge in [-0.1, -0.05) is 54.1 Å². The fourth-order valence-corrected chi connectivity index (χ4v) is 4.15. The molecule has 2 unspecified atom stereocenters. The largest absolute Gasteiger partial charge is 0.496 e. The SMILES string of the molecule is COc1ccccc1C(C)N(C)CC(=O)NC(c1ccc(C)cc1)c1cccs1. The van der Waals surface area contributed by atoms with Crippen molar-refractivity contribution < 1.29 is 9.53 Å². The van der Waals surface area contributed by atoms with Gasteiger partial charge in [-0.15, -0.1) is 11.3 Å². The molecule has 1 amide bonds. The summed E-state index contributed by atoms with van der Waals surface area (Å²) < 4.78 is 5.48. The van der Waals surface area contributed by atoms with Gasteiger partial charge in [-0.2, -0.15) is 0 Å². The molecule has 0 fully saturated rings. The molecule has 5 heteroatoms. The van der Waals surface area contributed by atoms with Crippen molar-refractivity contribution in [3.8, 4) is 5.75 Å². The summed E-state index contributed by atoms with van der Waals surface area (Å²) in [5.41, 5.74) is 3.36. The number of para-hydroxylation sites is 1. The second-order valence-corrected chi connectivity index (χ2v) is 8.24. The van der Waals surface area contributed by atoms with Gasteiger partial charge in [0.15, 0.2) is 0 Å². The van der Waals surface area contributed by atoms with Crippen LogP contribution < -0.4 is 10.1 Å². The maximum Gasteiger partial charge on any atom is 0.234 e. The molecule has 0 saturated heterocycles. The zero-order valence-corrected chi connectivity index (χ0v) is 18.2. The van der Waals surface area contributed by atoms with Crippen molar-refractivity contribution in [1.82, 2.24) is 10.2 Å². The van der Waals surface area contributed by atoms with Crippen LogP contribution in [0.3, 0.4) is 0 Å². The van der Waals surface area contributed by atoms with Crippen LogP contribution in [0.2, 0.25) is 0 Å². The number of carbonyl (C=O) groups excluding carboxylic acids is 1. The molecule has 2 aromatic carbocycles. The van der Waals surface area contributed by atoms with Crippen LogP contribution in [-0.2, 0) is 4.79 Å². The molecule has 152 valence electrons. The highest BCUT2D eigenvalue weighted by molar-refractivity contribution is 7.10. The van der Waals surface area contributed by atoms with Crippen LogP contribution in [0.1, 0.15) is 40.6 Å². The van der Waals surface area contributed by atoms with Crippen LogP contribution >= 0.6 is 11.3 Å². The Labute approximate surface area is 177 Å². The summed E-state index contributed by atoms with van der Waals surface area (Å²) in [4.78, 5) is 16.1. The predicted octanol–water partition coefficient (Wildman–Crippen LogP) is 4.96. The summed E-state index contributed by atoms with van der Waals surface area (Å²) in [7, 11) is 3.63. The standard InChI is InChI=1S/C24H28N2O2S/c1-17-11-13-19(14-12-17)24(22-10-7-15-29-22)25-23(27)16-26(3)18(2)20-8-5-6-9-21(20)28-4/h5-15,18,24H,16H2,1-4H3,(H,25,27). The molecule has 0 bridgehead atoms. The lowest BCUT2D eigenvalue weighted by atomic mass is 10.0. The Morgan fingerprint density at radius 3 is 2.48 bits per heavy atom. The molecule has 1 heterocycles. The van der Waals surface area contributed by atoms with Crippen LogP contribution in [0.15, 0.2) is 66.0 Å². The Balaban J connectivity index is 1.72. The minimum Gasteiger partial charge on any atom is -0.496 e. The monoisotopic (exact) mass is 408 g/mol. The van der Waals surface area contributed by atoms with Gasteiger partial charge < -0.3 is 10.1 Å². The number of benzene rings is 2. The van der Waals surface area contributed by atoms with E-state index in [1.54, 1.807) is 18.4 Å². The maximum atomic E-state index is 12.9. The molecule has 0 radical (unpaired) electrons. The average molecular weight is 409 g/mol. The zero-order chi connectivity index (χ0) is 20.8. The second-order valence-electron chi connectivity index (χ2n) is 7.26. The number of amides is 1. The highest BCUT2D eigenvalue weighted by Gasteiger charge is 2.21. The van der Waals surface area contributed by atoms with Crippen LogP contribution in [0.25, 0.3) is 0 Å². The maximum absolute atomic E-state index is 12.9. The Kier molecular flexibility index (Phi) is 7.07. The van der Waals surface area contributed by atoms with Gasteiger partial charge in [0.1, 0.15) is 5.75 Å². The van der Waals surface area contributed by atoms with Crippen molar-refractivity contribution >= 4 is 17.2 Å². The third kappa shape index (κ3) is 5.25. The van der Waals surface area contributed by atoms with Crippen LogP contribution in [0.4, 0.5) is 0 Å². The van der Waals surface area contributed by atoms with E-state index in [1.165, 1.54) is 5.56 Å². The predicted molar refractivity (Wildman–Crippen MR) is 120 cm³/mol. The van der Waals surface area contributed by atoms with Crippen molar-refractivity contribution in [3.63, 3.8) is 0 Å². The quantitative estimate of drug-likeness (QED) is 0.573. The Morgan fingerprint density at radius 1 is 1.10 bits per heavy atom. The number of carbonyl (C=O) groups is 1. The van der Waals surface area contributed by atoms with Gasteiger partial charge in [0.2, 0.25) is 5.91 Å². The number of aryl methyl sites for hydroxylation is 1. The molecule has 0 aliphatic heterocycles. The number of methoxy groups -OCH3 is 1. The number of hydrogen-bond acceptors (Lipinski definition) is 4. The first-order chi connectivity index (χ1) is 14.0. The Hall–Kier alpha value is -2.63. The van der Waals surface area contributed by atoms with Gasteiger partial charge in [-0.25, -0.2) is 0 Å². The second kappa shape index (κ2) is 9.72. The zero-order valence-electron chi connectivity index (χ0n) is 17.4. The minimum absolute atomic E-state index is 0.00628. The first-order valence-electron chi connectivity index (χ1n) is 9.72. The van der Waals surface area contributed by atoms with E-state index in [9.17, 15) is 4.79 Å². The number of hydrogen-bond donors (Lipinski definition) is 1. The van der Waals surface area contributed by atoms with E-state index in [0.29, 0.717) is 6.54 Å². The van der Waals surface area contributed by atoms with E-state index < -0.39 is 0 Å². The van der Waals surface area contributed by atoms with Crippen molar-refractivity contribution in [2.75, 3.05) is 20.7 Å². The Morgan fingerprint density at radius 2 is 1.83 bits per heavy atom. The molecule has 0 spiro atoms. The van der Waals surface area contributed by atoms with Crippen molar-refractivity contribution in [1.29, 1.82) is 0 Å². The third-order valence-electron chi connectivity index (χ3n) is 5.19. The molecule has 0 aliphatic rings. The molecule has 3 rings (SSSR count). The summed E-state index contributed by atoms with van der Waals surface area (Å²) >= 11 is 1.65. The summed E-state index contributed by atoms with van der Waals surface area (Å²) in [6.07, 6.45) is 0. The number of likely N-dealkylation sites (N-methyl/N-ethyl adjacent to an activating group) is 1. The number of thiophene rings is 1. The molecule has 3 aromatic rings. The van der Waals surface area contributed by atoms with Gasteiger partial charge in [0, 0.05) is 16.5 Å². The van der Waals surface area contributed by atoms with E-state index >= 15 is 0 Å². The van der Waals surface area contributed by atoms with E-state index in [-0.39, 0.29) is 18.0 Å². The van der Waals surface area contributed by atoms with Crippen molar-refractivity contribution in [3.05, 3.63) is 87.6 Å². The number of rotatable bonds is 8. The molecule has 29 heavy (non-hydrogen) atoms. The fraction of sp³-hybridized carbons (Fsp3) is 0.292. The van der Waals surface area contributed by atoms with Crippen molar-refractivity contribution in [2.45, 2.75) is 25.9 Å². The first-order valence-corrected chi connectivity index (χ1v) is 10.6. The number of nitrogens with one attached hydrogen (secondary N) is 1. The van der Waals surface area contributed by atoms with Gasteiger partial charge in [0.05, 0.1) is 19.7 Å². The van der Waals surface area contributed by atoms with E-state index in [2.05, 4.69) is 49.5 Å². The highest BCUT2D eigenvalue weighted by Crippen LogP contribution is 2.29. The summed E-state index contributed by atoms with van der Waals surface area (Å²) in [6, 6.07) is 20.3. The third-order valence-corrected chi connectivity index (χ3v) is 6.12. The Bertz CT molecular complexity index is 922. The lowest BCUT2D eigenvalue weighted by Crippen LogP contribution is -2.38. The molecule has 1 N–H and O–H groups in total. The van der Waals surface area contributed by atoms with Crippen LogP contribution in [0.5, 0.6) is 5.75 Å². The summed E-state index contributed by atoms with van der Waals surface area (Å²) in [5, 5.41) is 5.26. The van der Waals surface area contributed by atoms with Crippen LogP contribution in [0, 0.1) is 6.92 Å². The summed E-state index contributed by atoms with van der Waals surface area (Å²) in [6.45, 7) is 4.45. The average Bonchev–Trinajstić information content (AvgIpc) is 3.26. The normalized spacial score (nSPS) is 13.1. The number of ether oxygens (including phenoxy) is 1. The molecule has 0 aliphatic carbocycles. The van der Waals surface area contributed by atoms with E-state index in [1.807, 2.05) is 47.7 Å². The lowest BCUT2D eigenvalue weighted by molar-refractivity contribution is -0.122. The van der Waals surface area contributed by atoms with Gasteiger partial charge >= 0.3 is 0 Å². The molecule has 1 aromatic heterocycles. The van der Waals surface area contributed by atoms with Gasteiger partial charge in [0.25, 0.3) is 0 Å². The summed E-state index contributed by atoms with van der Waals surface area (Å²) in [5.74, 6) is 0.830. The first kappa shape index (κ1) is 21.1. The van der Waals surface area contributed by atoms with Gasteiger partial charge in [-0.05, 0) is 44.0 Å². The van der Waals surface area contributed by atoms with Crippen LogP contribution in [-0.4, -0.2) is 31.5 Å². The molecular weight excluding hydrogens is 380 g/mol. The molecule has 2 atom stereocenters. The molecule has 4 nitrogen and oxygen atoms in total.